The van der Waals surface area contributed by atoms with E-state index in [9.17, 15) is 0 Å². The summed E-state index contributed by atoms with van der Waals surface area (Å²) in [6.07, 6.45) is 3.07. The average molecular weight is 276 g/mol. The molecule has 1 aromatic heterocycles. The van der Waals surface area contributed by atoms with Gasteiger partial charge in [-0.15, -0.1) is 0 Å². The summed E-state index contributed by atoms with van der Waals surface area (Å²) in [7, 11) is 0. The first-order chi connectivity index (χ1) is 8.20. The van der Waals surface area contributed by atoms with Crippen LogP contribution < -0.4 is 5.32 Å². The van der Waals surface area contributed by atoms with Crippen LogP contribution >= 0.6 is 23.2 Å². The number of ether oxygens (including phenoxy) is 1. The molecule has 0 amide bonds. The molecule has 2 rings (SSSR count). The van der Waals surface area contributed by atoms with Crippen LogP contribution in [0.4, 0.5) is 5.82 Å². The fourth-order valence-electron chi connectivity index (χ4n) is 1.80. The largest absolute Gasteiger partial charge is 0.381 e. The summed E-state index contributed by atoms with van der Waals surface area (Å²) in [4.78, 5) is 7.94. The lowest BCUT2D eigenvalue weighted by Gasteiger charge is -2.20. The second-order valence-electron chi connectivity index (χ2n) is 3.84. The monoisotopic (exact) mass is 275 g/mol. The van der Waals surface area contributed by atoms with Gasteiger partial charge >= 0.3 is 0 Å². The summed E-state index contributed by atoms with van der Waals surface area (Å²) in [5.41, 5.74) is 0.516. The van der Waals surface area contributed by atoms with Gasteiger partial charge in [-0.05, 0) is 11.6 Å². The fraction of sp³-hybridized carbons (Fsp3) is 0.500. The highest BCUT2D eigenvalue weighted by Gasteiger charge is 2.21. The maximum Gasteiger partial charge on any atom is 0.239 e. The smallest absolute Gasteiger partial charge is 0.239 e. The third kappa shape index (κ3) is 3.13. The first-order valence-corrected chi connectivity index (χ1v) is 6.12. The minimum Gasteiger partial charge on any atom is -0.381 e. The fourth-order valence-corrected chi connectivity index (χ4v) is 2.25. The van der Waals surface area contributed by atoms with Crippen molar-refractivity contribution in [1.82, 2.24) is 9.97 Å². The van der Waals surface area contributed by atoms with Crippen LogP contribution in [0.3, 0.4) is 0 Å². The number of rotatable bonds is 3. The summed E-state index contributed by atoms with van der Waals surface area (Å²) in [5.74, 6) is 0.636. The van der Waals surface area contributed by atoms with Crippen LogP contribution in [0.5, 0.6) is 0 Å². The Morgan fingerprint density at radius 3 is 2.65 bits per heavy atom. The van der Waals surface area contributed by atoms with Gasteiger partial charge in [0.25, 0.3) is 0 Å². The van der Waals surface area contributed by atoms with Crippen LogP contribution in [0.2, 0.25) is 10.4 Å². The van der Waals surface area contributed by atoms with Crippen molar-refractivity contribution in [2.45, 2.75) is 18.9 Å². The summed E-state index contributed by atoms with van der Waals surface area (Å²) in [6.45, 7) is 1.52. The predicted octanol–water partition coefficient (Wildman–Crippen LogP) is 1.15. The van der Waals surface area contributed by atoms with E-state index >= 15 is 0 Å². The van der Waals surface area contributed by atoms with Crippen LogP contribution in [0.15, 0.2) is 0 Å². The molecule has 17 heavy (non-hydrogen) atoms. The van der Waals surface area contributed by atoms with E-state index < -0.39 is 0 Å². The summed E-state index contributed by atoms with van der Waals surface area (Å²) >= 11 is 11.7. The molecule has 0 atom stereocenters. The van der Waals surface area contributed by atoms with Gasteiger partial charge in [-0.2, -0.15) is 4.98 Å². The number of hydrogen-bond donors (Lipinski definition) is 2. The molecule has 1 aromatic rings. The van der Waals surface area contributed by atoms with Gasteiger partial charge in [-0.1, -0.05) is 11.6 Å². The molecule has 0 aliphatic carbocycles. The van der Waals surface area contributed by atoms with Gasteiger partial charge in [-0.25, -0.2) is 4.98 Å². The van der Waals surface area contributed by atoms with Crippen LogP contribution in [0, 0.1) is 5.41 Å². The van der Waals surface area contributed by atoms with Gasteiger partial charge in [0.1, 0.15) is 10.7 Å². The molecule has 1 aliphatic heterocycles. The van der Waals surface area contributed by atoms with Crippen molar-refractivity contribution in [3.8, 4) is 0 Å². The molecule has 1 aliphatic rings. The first kappa shape index (κ1) is 12.7. The van der Waals surface area contributed by atoms with Gasteiger partial charge in [0.05, 0.1) is 19.3 Å². The molecule has 0 radical (unpaired) electrons. The number of nitrogens with two attached hydrogens (primary N) is 1. The second kappa shape index (κ2) is 5.73. The van der Waals surface area contributed by atoms with Crippen molar-refractivity contribution in [1.29, 1.82) is 5.41 Å². The van der Waals surface area contributed by atoms with Gasteiger partial charge in [0.15, 0.2) is 0 Å². The molecule has 3 N–H and O–H groups in total. The van der Waals surface area contributed by atoms with E-state index in [0.29, 0.717) is 17.4 Å². The predicted molar refractivity (Wildman–Crippen MR) is 65.4 cm³/mol. The highest BCUT2D eigenvalue weighted by molar-refractivity contribution is 6.34. The van der Waals surface area contributed by atoms with Crippen LogP contribution in [0.1, 0.15) is 18.4 Å². The number of hydrogen-bond acceptors (Lipinski definition) is 4. The van der Waals surface area contributed by atoms with E-state index in [4.69, 9.17) is 33.3 Å². The third-order valence-electron chi connectivity index (χ3n) is 2.71. The van der Waals surface area contributed by atoms with Crippen LogP contribution in [-0.4, -0.2) is 35.4 Å². The topological polar surface area (TPSA) is 75.5 Å². The zero-order valence-corrected chi connectivity index (χ0v) is 10.6. The normalized spacial score (nSPS) is 17.1. The Balaban J connectivity index is 2.21. The second-order valence-corrected chi connectivity index (χ2v) is 4.54. The zero-order valence-electron chi connectivity index (χ0n) is 9.12. The standard InChI is InChI=1S/C10H12Cl2N4O/c11-8-7(5-13)9(16-10(12)15-8)14-6-1-3-17-4-2-6/h5-6,13H,1-4H2,(H,14,15,16)/p+1. The molecule has 1 fully saturated rings. The molecular formula is C10H13Cl2N4O+. The quantitative estimate of drug-likeness (QED) is 0.494. The maximum absolute atomic E-state index is 7.34. The minimum absolute atomic E-state index is 0.110. The van der Waals surface area contributed by atoms with Crippen LogP contribution in [-0.2, 0) is 4.74 Å². The number of nitrogens with one attached hydrogen (secondary N) is 1. The highest BCUT2D eigenvalue weighted by atomic mass is 35.5. The highest BCUT2D eigenvalue weighted by Crippen LogP contribution is 2.18. The van der Waals surface area contributed by atoms with Gasteiger partial charge in [0, 0.05) is 19.1 Å². The van der Waals surface area contributed by atoms with Crippen molar-refractivity contribution in [3.05, 3.63) is 16.0 Å². The summed E-state index contributed by atoms with van der Waals surface area (Å²) in [6, 6.07) is 0.393. The molecule has 1 saturated heterocycles. The van der Waals surface area contributed by atoms with E-state index in [1.165, 1.54) is 0 Å². The molecule has 2 heterocycles. The number of halogens is 2. The number of nitrogens with zero attached hydrogens (tertiary/aromatic N) is 2. The molecule has 0 unspecified atom stereocenters. The van der Waals surface area contributed by atoms with Crippen molar-refractivity contribution in [3.63, 3.8) is 0 Å². The Bertz CT molecular complexity index is 421. The molecule has 0 aromatic carbocycles. The number of quaternary nitrogens is 1. The van der Waals surface area contributed by atoms with Crippen molar-refractivity contribution < 1.29 is 10.1 Å². The Kier molecular flexibility index (Phi) is 4.28. The zero-order chi connectivity index (χ0) is 12.3. The summed E-state index contributed by atoms with van der Waals surface area (Å²) < 4.78 is 5.29. The molecule has 7 heteroatoms. The van der Waals surface area contributed by atoms with E-state index in [0.717, 1.165) is 32.3 Å². The van der Waals surface area contributed by atoms with Crippen molar-refractivity contribution >= 4 is 35.2 Å². The lowest BCUT2D eigenvalue weighted by atomic mass is 10.1. The van der Waals surface area contributed by atoms with E-state index in [2.05, 4.69) is 9.97 Å². The van der Waals surface area contributed by atoms with E-state index in [1.54, 1.807) is 0 Å². The Morgan fingerprint density at radius 2 is 2.00 bits per heavy atom. The first-order valence-electron chi connectivity index (χ1n) is 5.37. The Morgan fingerprint density at radius 1 is 1.29 bits per heavy atom. The van der Waals surface area contributed by atoms with Gasteiger partial charge in [-0.3, -0.25) is 5.32 Å². The van der Waals surface area contributed by atoms with Gasteiger partial charge in [0.2, 0.25) is 11.1 Å². The van der Waals surface area contributed by atoms with Crippen LogP contribution in [0.25, 0.3) is 0 Å². The minimum atomic E-state index is 0.110. The average Bonchev–Trinajstić information content (AvgIpc) is 2.30. The summed E-state index contributed by atoms with van der Waals surface area (Å²) in [5, 5.41) is 9.67. The number of aromatic nitrogens is 2. The van der Waals surface area contributed by atoms with E-state index in [1.807, 2.05) is 5.32 Å². The third-order valence-corrected chi connectivity index (χ3v) is 3.16. The molecular weight excluding hydrogens is 263 g/mol. The SMILES string of the molecule is N=Cc1c(Cl)nc(Cl)nc1[NH2+]C1CCOCC1. The Hall–Kier alpha value is -0.750. The maximum atomic E-state index is 7.34. The van der Waals surface area contributed by atoms with Gasteiger partial charge < -0.3 is 10.1 Å². The molecule has 0 bridgehead atoms. The lowest BCUT2D eigenvalue weighted by Crippen LogP contribution is -2.86. The Labute approximate surface area is 109 Å². The molecule has 92 valence electrons. The van der Waals surface area contributed by atoms with E-state index in [-0.39, 0.29) is 10.4 Å². The van der Waals surface area contributed by atoms with Crippen molar-refractivity contribution in [2.24, 2.45) is 0 Å². The molecule has 5 nitrogen and oxygen atoms in total. The molecule has 0 saturated carbocycles. The lowest BCUT2D eigenvalue weighted by molar-refractivity contribution is -0.619. The molecule has 0 spiro atoms. The van der Waals surface area contributed by atoms with Crippen molar-refractivity contribution in [2.75, 3.05) is 13.2 Å².